The summed E-state index contributed by atoms with van der Waals surface area (Å²) in [4.78, 5) is 0. The van der Waals surface area contributed by atoms with Gasteiger partial charge in [-0.2, -0.15) is 0 Å². The van der Waals surface area contributed by atoms with Crippen LogP contribution < -0.4 is 0 Å². The molecule has 0 bridgehead atoms. The number of rotatable bonds is 3. The molecule has 0 amide bonds. The van der Waals surface area contributed by atoms with Gasteiger partial charge in [-0.1, -0.05) is 30.3 Å². The van der Waals surface area contributed by atoms with Crippen LogP contribution in [0.1, 0.15) is 12.0 Å². The molecule has 0 aliphatic carbocycles. The van der Waals surface area contributed by atoms with Gasteiger partial charge in [0.15, 0.2) is 6.29 Å². The maximum absolute atomic E-state index is 5.69. The Labute approximate surface area is 95.1 Å². The molecule has 1 fully saturated rings. The van der Waals surface area contributed by atoms with Crippen molar-refractivity contribution in [2.75, 3.05) is 20.8 Å². The van der Waals surface area contributed by atoms with E-state index in [-0.39, 0.29) is 6.29 Å². The molecule has 0 radical (unpaired) electrons. The van der Waals surface area contributed by atoms with E-state index < -0.39 is 5.97 Å². The lowest BCUT2D eigenvalue weighted by Gasteiger charge is -2.38. The predicted octanol–water partition coefficient (Wildman–Crippen LogP) is 1.85. The molecule has 1 heterocycles. The third kappa shape index (κ3) is 2.10. The van der Waals surface area contributed by atoms with E-state index in [0.29, 0.717) is 13.0 Å². The van der Waals surface area contributed by atoms with Crippen molar-refractivity contribution >= 4 is 0 Å². The minimum Gasteiger partial charge on any atom is -0.356 e. The Morgan fingerprint density at radius 3 is 2.62 bits per heavy atom. The topological polar surface area (TPSA) is 36.9 Å². The van der Waals surface area contributed by atoms with E-state index in [9.17, 15) is 0 Å². The van der Waals surface area contributed by atoms with Gasteiger partial charge in [-0.15, -0.1) is 0 Å². The lowest BCUT2D eigenvalue weighted by atomic mass is 10.2. The second-order valence-electron chi connectivity index (χ2n) is 3.55. The maximum atomic E-state index is 5.69. The van der Waals surface area contributed by atoms with Gasteiger partial charge in [0.2, 0.25) is 0 Å². The Morgan fingerprint density at radius 2 is 2.00 bits per heavy atom. The maximum Gasteiger partial charge on any atom is 0.313 e. The molecule has 2 unspecified atom stereocenters. The first kappa shape index (κ1) is 11.5. The first-order chi connectivity index (χ1) is 7.80. The molecule has 4 heteroatoms. The Kier molecular flexibility index (Phi) is 3.56. The van der Waals surface area contributed by atoms with Gasteiger partial charge in [0, 0.05) is 26.2 Å². The number of hydrogen-bond donors (Lipinski definition) is 0. The minimum absolute atomic E-state index is 0.297. The third-order valence-electron chi connectivity index (χ3n) is 2.59. The predicted molar refractivity (Wildman–Crippen MR) is 57.6 cm³/mol. The summed E-state index contributed by atoms with van der Waals surface area (Å²) >= 11 is 0. The molecule has 16 heavy (non-hydrogen) atoms. The average Bonchev–Trinajstić information content (AvgIpc) is 2.39. The summed E-state index contributed by atoms with van der Waals surface area (Å²) < 4.78 is 21.9. The Bertz CT molecular complexity index is 327. The molecule has 2 rings (SSSR count). The van der Waals surface area contributed by atoms with Gasteiger partial charge < -0.3 is 14.2 Å². The fourth-order valence-corrected chi connectivity index (χ4v) is 1.74. The lowest BCUT2D eigenvalue weighted by molar-refractivity contribution is -0.447. The zero-order chi connectivity index (χ0) is 11.4. The van der Waals surface area contributed by atoms with Gasteiger partial charge in [-0.3, -0.25) is 4.74 Å². The van der Waals surface area contributed by atoms with Crippen LogP contribution in [0.5, 0.6) is 0 Å². The van der Waals surface area contributed by atoms with Gasteiger partial charge in [0.05, 0.1) is 6.61 Å². The van der Waals surface area contributed by atoms with Crippen molar-refractivity contribution < 1.29 is 18.9 Å². The van der Waals surface area contributed by atoms with Gasteiger partial charge >= 0.3 is 5.97 Å². The molecular formula is C12H16O4. The monoisotopic (exact) mass is 224 g/mol. The Balaban J connectivity index is 2.25. The molecule has 4 nitrogen and oxygen atoms in total. The van der Waals surface area contributed by atoms with Crippen LogP contribution in [-0.4, -0.2) is 27.1 Å². The SMILES string of the molecule is COC1CCOC(OC)(c2ccccc2)O1. The first-order valence-corrected chi connectivity index (χ1v) is 5.26. The molecular weight excluding hydrogens is 208 g/mol. The minimum atomic E-state index is -1.14. The molecule has 1 aromatic rings. The first-order valence-electron chi connectivity index (χ1n) is 5.26. The Morgan fingerprint density at radius 1 is 1.25 bits per heavy atom. The molecule has 2 atom stereocenters. The van der Waals surface area contributed by atoms with E-state index in [1.54, 1.807) is 14.2 Å². The fraction of sp³-hybridized carbons (Fsp3) is 0.500. The summed E-state index contributed by atoms with van der Waals surface area (Å²) in [5.74, 6) is -1.14. The summed E-state index contributed by atoms with van der Waals surface area (Å²) in [6, 6.07) is 9.57. The van der Waals surface area contributed by atoms with Gasteiger partial charge in [-0.25, -0.2) is 0 Å². The highest BCUT2D eigenvalue weighted by Crippen LogP contribution is 2.33. The van der Waals surface area contributed by atoms with Crippen LogP contribution in [0.25, 0.3) is 0 Å². The molecule has 1 aliphatic heterocycles. The highest BCUT2D eigenvalue weighted by Gasteiger charge is 2.41. The largest absolute Gasteiger partial charge is 0.356 e. The molecule has 0 N–H and O–H groups in total. The summed E-state index contributed by atoms with van der Waals surface area (Å²) in [7, 11) is 3.17. The summed E-state index contributed by atoms with van der Waals surface area (Å²) in [5, 5.41) is 0. The van der Waals surface area contributed by atoms with E-state index in [4.69, 9.17) is 18.9 Å². The molecule has 1 aromatic carbocycles. The van der Waals surface area contributed by atoms with E-state index in [1.807, 2.05) is 30.3 Å². The Hall–Kier alpha value is -0.940. The smallest absolute Gasteiger partial charge is 0.313 e. The van der Waals surface area contributed by atoms with Crippen molar-refractivity contribution in [2.24, 2.45) is 0 Å². The molecule has 88 valence electrons. The zero-order valence-corrected chi connectivity index (χ0v) is 9.51. The van der Waals surface area contributed by atoms with Crippen LogP contribution in [0, 0.1) is 0 Å². The second-order valence-corrected chi connectivity index (χ2v) is 3.55. The molecule has 1 aliphatic rings. The van der Waals surface area contributed by atoms with Crippen molar-refractivity contribution in [3.63, 3.8) is 0 Å². The molecule has 1 saturated heterocycles. The third-order valence-corrected chi connectivity index (χ3v) is 2.59. The zero-order valence-electron chi connectivity index (χ0n) is 9.51. The summed E-state index contributed by atoms with van der Waals surface area (Å²) in [5.41, 5.74) is 0.833. The number of hydrogen-bond acceptors (Lipinski definition) is 4. The van der Waals surface area contributed by atoms with Crippen molar-refractivity contribution in [1.29, 1.82) is 0 Å². The number of ether oxygens (including phenoxy) is 4. The van der Waals surface area contributed by atoms with E-state index in [1.165, 1.54) is 0 Å². The van der Waals surface area contributed by atoms with Crippen LogP contribution >= 0.6 is 0 Å². The van der Waals surface area contributed by atoms with Crippen molar-refractivity contribution in [3.8, 4) is 0 Å². The number of benzene rings is 1. The van der Waals surface area contributed by atoms with Crippen LogP contribution in [0.2, 0.25) is 0 Å². The lowest BCUT2D eigenvalue weighted by Crippen LogP contribution is -2.44. The standard InChI is InChI=1S/C12H16O4/c1-13-11-8-9-15-12(14-2,16-11)10-6-4-3-5-7-10/h3-7,11H,8-9H2,1-2H3. The molecule has 0 saturated carbocycles. The fourth-order valence-electron chi connectivity index (χ4n) is 1.74. The molecule has 0 spiro atoms. The van der Waals surface area contributed by atoms with Crippen molar-refractivity contribution in [1.82, 2.24) is 0 Å². The quantitative estimate of drug-likeness (QED) is 0.785. The number of methoxy groups -OCH3 is 2. The highest BCUT2D eigenvalue weighted by molar-refractivity contribution is 5.18. The van der Waals surface area contributed by atoms with E-state index >= 15 is 0 Å². The molecule has 0 aromatic heterocycles. The van der Waals surface area contributed by atoms with Gasteiger partial charge in [0.1, 0.15) is 0 Å². The van der Waals surface area contributed by atoms with E-state index in [0.717, 1.165) is 5.56 Å². The van der Waals surface area contributed by atoms with Gasteiger partial charge in [0.25, 0.3) is 0 Å². The van der Waals surface area contributed by atoms with Gasteiger partial charge in [-0.05, 0) is 0 Å². The van der Waals surface area contributed by atoms with E-state index in [2.05, 4.69) is 0 Å². The van der Waals surface area contributed by atoms with Crippen molar-refractivity contribution in [3.05, 3.63) is 35.9 Å². The summed E-state index contributed by atoms with van der Waals surface area (Å²) in [6.45, 7) is 0.543. The van der Waals surface area contributed by atoms with Crippen molar-refractivity contribution in [2.45, 2.75) is 18.7 Å². The van der Waals surface area contributed by atoms with Crippen LogP contribution in [0.3, 0.4) is 0 Å². The van der Waals surface area contributed by atoms with Crippen LogP contribution in [-0.2, 0) is 24.9 Å². The summed E-state index contributed by atoms with van der Waals surface area (Å²) in [6.07, 6.45) is 0.406. The van der Waals surface area contributed by atoms with Crippen LogP contribution in [0.15, 0.2) is 30.3 Å². The normalized spacial score (nSPS) is 30.2. The second kappa shape index (κ2) is 4.93. The average molecular weight is 224 g/mol. The highest BCUT2D eigenvalue weighted by atomic mass is 16.9. The van der Waals surface area contributed by atoms with Crippen LogP contribution in [0.4, 0.5) is 0 Å².